The number of halogens is 1. The maximum Gasteiger partial charge on any atom is 0.163 e. The highest BCUT2D eigenvalue weighted by Crippen LogP contribution is 2.33. The summed E-state index contributed by atoms with van der Waals surface area (Å²) in [6.45, 7) is 0.988. The van der Waals surface area contributed by atoms with E-state index in [1.54, 1.807) is 18.4 Å². The minimum absolute atomic E-state index is 0.0571. The van der Waals surface area contributed by atoms with Crippen molar-refractivity contribution in [3.63, 3.8) is 0 Å². The average molecular weight is 416 g/mol. The molecule has 0 bridgehead atoms. The standard InChI is InChI=1S/C21H18ClNO6/c22-17-8-15(12-25)18(26)10-20(17)29-13-14(11-24)2-1-5-23-16-3-4-19-21(9-16)28-7-6-27-19/h1-5,8-12,23,26H,6-7,13H2/b5-1-,14-2+. The number of hydrogen-bond donors (Lipinski definition) is 2. The van der Waals surface area contributed by atoms with Crippen molar-refractivity contribution >= 4 is 29.9 Å². The van der Waals surface area contributed by atoms with E-state index < -0.39 is 0 Å². The summed E-state index contributed by atoms with van der Waals surface area (Å²) >= 11 is 6.01. The molecule has 8 heteroatoms. The largest absolute Gasteiger partial charge is 0.507 e. The van der Waals surface area contributed by atoms with Crippen molar-refractivity contribution < 1.29 is 28.9 Å². The van der Waals surface area contributed by atoms with E-state index in [0.717, 1.165) is 5.69 Å². The molecule has 0 amide bonds. The quantitative estimate of drug-likeness (QED) is 0.385. The number of allylic oxidation sites excluding steroid dienone is 2. The van der Waals surface area contributed by atoms with E-state index in [1.807, 2.05) is 18.2 Å². The van der Waals surface area contributed by atoms with E-state index in [2.05, 4.69) is 5.32 Å². The second-order valence-electron chi connectivity index (χ2n) is 5.97. The van der Waals surface area contributed by atoms with Crippen LogP contribution in [0.15, 0.2) is 54.3 Å². The number of aldehydes is 2. The number of benzene rings is 2. The Morgan fingerprint density at radius 1 is 1.17 bits per heavy atom. The number of carbonyl (C=O) groups excluding carboxylic acids is 2. The fourth-order valence-corrected chi connectivity index (χ4v) is 2.72. The van der Waals surface area contributed by atoms with Gasteiger partial charge >= 0.3 is 0 Å². The first-order valence-electron chi connectivity index (χ1n) is 8.68. The van der Waals surface area contributed by atoms with Crippen LogP contribution in [0.3, 0.4) is 0 Å². The summed E-state index contributed by atoms with van der Waals surface area (Å²) in [7, 11) is 0. The third kappa shape index (κ3) is 5.30. The van der Waals surface area contributed by atoms with Crippen LogP contribution in [0.5, 0.6) is 23.0 Å². The topological polar surface area (TPSA) is 94.1 Å². The fraction of sp³-hybridized carbons (Fsp3) is 0.143. The number of phenols is 1. The van der Waals surface area contributed by atoms with Gasteiger partial charge in [-0.3, -0.25) is 9.59 Å². The lowest BCUT2D eigenvalue weighted by atomic mass is 10.2. The summed E-state index contributed by atoms with van der Waals surface area (Å²) in [5.74, 6) is 1.30. The summed E-state index contributed by atoms with van der Waals surface area (Å²) in [6.07, 6.45) is 6.03. The Bertz CT molecular complexity index is 970. The average Bonchev–Trinajstić information content (AvgIpc) is 2.75. The molecule has 0 aliphatic carbocycles. The fourth-order valence-electron chi connectivity index (χ4n) is 2.49. The third-order valence-electron chi connectivity index (χ3n) is 3.95. The molecule has 0 radical (unpaired) electrons. The molecule has 1 aliphatic heterocycles. The van der Waals surface area contributed by atoms with Crippen LogP contribution >= 0.6 is 11.6 Å². The van der Waals surface area contributed by atoms with Crippen molar-refractivity contribution in [2.75, 3.05) is 25.1 Å². The van der Waals surface area contributed by atoms with E-state index in [4.69, 9.17) is 25.8 Å². The lowest BCUT2D eigenvalue weighted by Crippen LogP contribution is -2.15. The predicted octanol–water partition coefficient (Wildman–Crippen LogP) is 3.76. The lowest BCUT2D eigenvalue weighted by Gasteiger charge is -2.18. The van der Waals surface area contributed by atoms with Gasteiger partial charge in [0.15, 0.2) is 17.8 Å². The van der Waals surface area contributed by atoms with Gasteiger partial charge in [0.2, 0.25) is 0 Å². The molecule has 7 nitrogen and oxygen atoms in total. The van der Waals surface area contributed by atoms with Crippen molar-refractivity contribution in [1.82, 2.24) is 0 Å². The number of anilines is 1. The zero-order chi connectivity index (χ0) is 20.6. The highest BCUT2D eigenvalue weighted by molar-refractivity contribution is 6.32. The second-order valence-corrected chi connectivity index (χ2v) is 6.38. The Labute approximate surface area is 172 Å². The Morgan fingerprint density at radius 2 is 1.97 bits per heavy atom. The number of carbonyl (C=O) groups is 2. The van der Waals surface area contributed by atoms with E-state index in [1.165, 1.54) is 12.1 Å². The zero-order valence-corrected chi connectivity index (χ0v) is 16.0. The van der Waals surface area contributed by atoms with E-state index in [9.17, 15) is 14.7 Å². The van der Waals surface area contributed by atoms with Crippen LogP contribution in [0.2, 0.25) is 5.02 Å². The molecule has 29 heavy (non-hydrogen) atoms. The van der Waals surface area contributed by atoms with Crippen LogP contribution in [-0.4, -0.2) is 37.5 Å². The van der Waals surface area contributed by atoms with Gasteiger partial charge in [-0.1, -0.05) is 17.7 Å². The first kappa shape index (κ1) is 20.3. The van der Waals surface area contributed by atoms with E-state index in [0.29, 0.717) is 42.9 Å². The van der Waals surface area contributed by atoms with Crippen molar-refractivity contribution in [3.05, 3.63) is 64.8 Å². The Balaban J connectivity index is 1.58. The van der Waals surface area contributed by atoms with Crippen LogP contribution < -0.4 is 19.5 Å². The van der Waals surface area contributed by atoms with Gasteiger partial charge in [-0.15, -0.1) is 0 Å². The molecule has 0 unspecified atom stereocenters. The molecule has 0 fully saturated rings. The monoisotopic (exact) mass is 415 g/mol. The molecule has 1 aliphatic rings. The summed E-state index contributed by atoms with van der Waals surface area (Å²) in [5, 5.41) is 12.9. The summed E-state index contributed by atoms with van der Waals surface area (Å²) in [4.78, 5) is 22.0. The van der Waals surface area contributed by atoms with Crippen LogP contribution in [0.1, 0.15) is 10.4 Å². The zero-order valence-electron chi connectivity index (χ0n) is 15.3. The third-order valence-corrected chi connectivity index (χ3v) is 4.25. The van der Waals surface area contributed by atoms with Gasteiger partial charge in [0.25, 0.3) is 0 Å². The molecule has 2 N–H and O–H groups in total. The SMILES string of the molecule is O=C/C(=C\C=C/Nc1ccc2c(c1)OCCO2)COc1cc(O)c(C=O)cc1Cl. The molecule has 0 saturated carbocycles. The summed E-state index contributed by atoms with van der Waals surface area (Å²) in [5.41, 5.74) is 1.21. The molecular formula is C21H18ClNO6. The molecule has 0 spiro atoms. The number of fused-ring (bicyclic) bond motifs is 1. The molecule has 150 valence electrons. The molecule has 2 aromatic rings. The van der Waals surface area contributed by atoms with E-state index >= 15 is 0 Å². The van der Waals surface area contributed by atoms with Gasteiger partial charge in [0, 0.05) is 29.6 Å². The van der Waals surface area contributed by atoms with Crippen LogP contribution in [-0.2, 0) is 4.79 Å². The molecule has 0 atom stereocenters. The van der Waals surface area contributed by atoms with E-state index in [-0.39, 0.29) is 28.7 Å². The van der Waals surface area contributed by atoms with Gasteiger partial charge in [0.1, 0.15) is 37.6 Å². The first-order valence-corrected chi connectivity index (χ1v) is 9.06. The Kier molecular flexibility index (Phi) is 6.76. The highest BCUT2D eigenvalue weighted by Gasteiger charge is 2.11. The highest BCUT2D eigenvalue weighted by atomic mass is 35.5. The van der Waals surface area contributed by atoms with Crippen molar-refractivity contribution in [2.24, 2.45) is 0 Å². The van der Waals surface area contributed by atoms with Crippen molar-refractivity contribution in [1.29, 1.82) is 0 Å². The van der Waals surface area contributed by atoms with Crippen molar-refractivity contribution in [3.8, 4) is 23.0 Å². The van der Waals surface area contributed by atoms with Gasteiger partial charge < -0.3 is 24.6 Å². The van der Waals surface area contributed by atoms with Crippen LogP contribution in [0.25, 0.3) is 0 Å². The lowest BCUT2D eigenvalue weighted by molar-refractivity contribution is -0.105. The molecule has 1 heterocycles. The number of nitrogens with one attached hydrogen (secondary N) is 1. The maximum atomic E-state index is 11.2. The second kappa shape index (κ2) is 9.66. The number of phenolic OH excluding ortho intramolecular Hbond substituents is 1. The summed E-state index contributed by atoms with van der Waals surface area (Å²) < 4.78 is 16.4. The molecule has 0 aromatic heterocycles. The van der Waals surface area contributed by atoms with Crippen LogP contribution in [0, 0.1) is 0 Å². The molecular weight excluding hydrogens is 398 g/mol. The Morgan fingerprint density at radius 3 is 2.72 bits per heavy atom. The van der Waals surface area contributed by atoms with Crippen LogP contribution in [0.4, 0.5) is 5.69 Å². The maximum absolute atomic E-state index is 11.2. The molecule has 0 saturated heterocycles. The van der Waals surface area contributed by atoms with Gasteiger partial charge in [0.05, 0.1) is 10.6 Å². The molecule has 3 rings (SSSR count). The Hall–Kier alpha value is -3.45. The van der Waals surface area contributed by atoms with Gasteiger partial charge in [-0.2, -0.15) is 0 Å². The van der Waals surface area contributed by atoms with Gasteiger partial charge in [-0.05, 0) is 24.3 Å². The first-order chi connectivity index (χ1) is 14.1. The minimum Gasteiger partial charge on any atom is -0.507 e. The molecule has 2 aromatic carbocycles. The predicted molar refractivity (Wildman–Crippen MR) is 108 cm³/mol. The van der Waals surface area contributed by atoms with Crippen molar-refractivity contribution in [2.45, 2.75) is 0 Å². The number of rotatable bonds is 8. The normalized spacial score (nSPS) is 13.2. The minimum atomic E-state index is -0.250. The summed E-state index contributed by atoms with van der Waals surface area (Å²) in [6, 6.07) is 8.02. The number of aromatic hydroxyl groups is 1. The number of hydrogen-bond acceptors (Lipinski definition) is 7. The smallest absolute Gasteiger partial charge is 0.163 e. The van der Waals surface area contributed by atoms with Gasteiger partial charge in [-0.25, -0.2) is 0 Å². The number of ether oxygens (including phenoxy) is 3.